The number of nitrogens with one attached hydrogen (secondary N) is 1. The summed E-state index contributed by atoms with van der Waals surface area (Å²) >= 11 is 0. The molecule has 0 aliphatic heterocycles. The molecule has 0 aliphatic rings. The second-order valence-corrected chi connectivity index (χ2v) is 5.66. The van der Waals surface area contributed by atoms with Crippen molar-refractivity contribution in [2.24, 2.45) is 0 Å². The molecule has 2 aromatic carbocycles. The van der Waals surface area contributed by atoms with Crippen molar-refractivity contribution >= 4 is 11.6 Å². The fourth-order valence-electron chi connectivity index (χ4n) is 2.16. The summed E-state index contributed by atoms with van der Waals surface area (Å²) < 4.78 is 15.9. The van der Waals surface area contributed by atoms with Gasteiger partial charge in [0.05, 0.1) is 14.2 Å². The molecule has 2 aromatic rings. The van der Waals surface area contributed by atoms with Crippen LogP contribution in [0, 0.1) is 0 Å². The van der Waals surface area contributed by atoms with E-state index in [-0.39, 0.29) is 12.5 Å². The third kappa shape index (κ3) is 4.91. The van der Waals surface area contributed by atoms with Gasteiger partial charge in [-0.05, 0) is 23.6 Å². The van der Waals surface area contributed by atoms with Gasteiger partial charge in [0.2, 0.25) is 0 Å². The third-order valence-electron chi connectivity index (χ3n) is 3.56. The van der Waals surface area contributed by atoms with Gasteiger partial charge in [0.15, 0.2) is 6.61 Å². The molecule has 5 nitrogen and oxygen atoms in total. The lowest BCUT2D eigenvalue weighted by molar-refractivity contribution is -0.118. The van der Waals surface area contributed by atoms with Gasteiger partial charge in [-0.25, -0.2) is 0 Å². The van der Waals surface area contributed by atoms with E-state index in [4.69, 9.17) is 14.2 Å². The maximum atomic E-state index is 12.0. The molecule has 2 rings (SSSR count). The molecule has 0 saturated carbocycles. The average Bonchev–Trinajstić information content (AvgIpc) is 2.60. The molecule has 1 amide bonds. The highest BCUT2D eigenvalue weighted by atomic mass is 16.5. The predicted octanol–water partition coefficient (Wildman–Crippen LogP) is 3.84. The summed E-state index contributed by atoms with van der Waals surface area (Å²) in [5.41, 5.74) is 1.98. The van der Waals surface area contributed by atoms with Gasteiger partial charge in [-0.3, -0.25) is 4.79 Å². The Hall–Kier alpha value is -2.69. The van der Waals surface area contributed by atoms with Crippen molar-refractivity contribution in [2.45, 2.75) is 19.8 Å². The van der Waals surface area contributed by atoms with Crippen LogP contribution in [0.15, 0.2) is 42.5 Å². The predicted molar refractivity (Wildman–Crippen MR) is 94.2 cm³/mol. The monoisotopic (exact) mass is 329 g/mol. The summed E-state index contributed by atoms with van der Waals surface area (Å²) in [5, 5.41) is 2.81. The molecule has 0 spiro atoms. The lowest BCUT2D eigenvalue weighted by Crippen LogP contribution is -2.20. The Labute approximate surface area is 142 Å². The number of hydrogen-bond donors (Lipinski definition) is 1. The first-order chi connectivity index (χ1) is 11.5. The van der Waals surface area contributed by atoms with Gasteiger partial charge in [0.1, 0.15) is 17.2 Å². The van der Waals surface area contributed by atoms with E-state index < -0.39 is 0 Å². The van der Waals surface area contributed by atoms with E-state index in [9.17, 15) is 4.79 Å². The molecule has 24 heavy (non-hydrogen) atoms. The first-order valence-corrected chi connectivity index (χ1v) is 7.77. The molecule has 128 valence electrons. The van der Waals surface area contributed by atoms with Crippen molar-refractivity contribution in [3.05, 3.63) is 48.0 Å². The van der Waals surface area contributed by atoms with Gasteiger partial charge >= 0.3 is 0 Å². The highest BCUT2D eigenvalue weighted by Crippen LogP contribution is 2.27. The van der Waals surface area contributed by atoms with Gasteiger partial charge < -0.3 is 19.5 Å². The average molecular weight is 329 g/mol. The SMILES string of the molecule is COc1cc(OC)cc(OCC(=O)Nc2ccc(C(C)C)cc2)c1. The Morgan fingerprint density at radius 2 is 1.50 bits per heavy atom. The van der Waals surface area contributed by atoms with Gasteiger partial charge in [-0.1, -0.05) is 26.0 Å². The molecule has 0 aliphatic carbocycles. The molecular weight excluding hydrogens is 306 g/mol. The van der Waals surface area contributed by atoms with Crippen LogP contribution >= 0.6 is 0 Å². The van der Waals surface area contributed by atoms with Gasteiger partial charge in [-0.2, -0.15) is 0 Å². The topological polar surface area (TPSA) is 56.8 Å². The molecule has 0 fully saturated rings. The molecular formula is C19H23NO4. The summed E-state index contributed by atoms with van der Waals surface area (Å²) in [6.07, 6.45) is 0. The van der Waals surface area contributed by atoms with E-state index in [1.165, 1.54) is 5.56 Å². The summed E-state index contributed by atoms with van der Waals surface area (Å²) in [7, 11) is 3.12. The van der Waals surface area contributed by atoms with Gasteiger partial charge in [0, 0.05) is 23.9 Å². The van der Waals surface area contributed by atoms with E-state index >= 15 is 0 Å². The quantitative estimate of drug-likeness (QED) is 0.838. The summed E-state index contributed by atoms with van der Waals surface area (Å²) in [6, 6.07) is 12.9. The highest BCUT2D eigenvalue weighted by molar-refractivity contribution is 5.91. The Kier molecular flexibility index (Phi) is 6.07. The second kappa shape index (κ2) is 8.24. The Morgan fingerprint density at radius 3 is 2.00 bits per heavy atom. The zero-order chi connectivity index (χ0) is 17.5. The molecule has 0 heterocycles. The van der Waals surface area contributed by atoms with Crippen LogP contribution in [0.1, 0.15) is 25.3 Å². The second-order valence-electron chi connectivity index (χ2n) is 5.66. The highest BCUT2D eigenvalue weighted by Gasteiger charge is 2.07. The van der Waals surface area contributed by atoms with E-state index in [0.29, 0.717) is 23.2 Å². The normalized spacial score (nSPS) is 10.4. The number of carbonyl (C=O) groups excluding carboxylic acids is 1. The minimum absolute atomic E-state index is 0.0950. The van der Waals surface area contributed by atoms with Crippen molar-refractivity contribution < 1.29 is 19.0 Å². The lowest BCUT2D eigenvalue weighted by Gasteiger charge is -2.11. The molecule has 1 N–H and O–H groups in total. The number of hydrogen-bond acceptors (Lipinski definition) is 4. The molecule has 5 heteroatoms. The molecule has 0 radical (unpaired) electrons. The summed E-state index contributed by atoms with van der Waals surface area (Å²) in [4.78, 5) is 12.0. The molecule has 0 unspecified atom stereocenters. The zero-order valence-electron chi connectivity index (χ0n) is 14.5. The Balaban J connectivity index is 1.93. The standard InChI is InChI=1S/C19H23NO4/c1-13(2)14-5-7-15(8-6-14)20-19(21)12-24-18-10-16(22-3)9-17(11-18)23-4/h5-11,13H,12H2,1-4H3,(H,20,21). The zero-order valence-corrected chi connectivity index (χ0v) is 14.5. The van der Waals surface area contributed by atoms with Crippen LogP contribution in [0.3, 0.4) is 0 Å². The molecule has 0 atom stereocenters. The summed E-state index contributed by atoms with van der Waals surface area (Å²) in [5.74, 6) is 1.95. The number of rotatable bonds is 7. The molecule has 0 bridgehead atoms. The fourth-order valence-corrected chi connectivity index (χ4v) is 2.16. The lowest BCUT2D eigenvalue weighted by atomic mass is 10.0. The van der Waals surface area contributed by atoms with Crippen LogP contribution in [0.5, 0.6) is 17.2 Å². The maximum absolute atomic E-state index is 12.0. The minimum Gasteiger partial charge on any atom is -0.496 e. The maximum Gasteiger partial charge on any atom is 0.262 e. The fraction of sp³-hybridized carbons (Fsp3) is 0.316. The first-order valence-electron chi connectivity index (χ1n) is 7.77. The smallest absolute Gasteiger partial charge is 0.262 e. The molecule has 0 aromatic heterocycles. The van der Waals surface area contributed by atoms with Crippen molar-refractivity contribution in [2.75, 3.05) is 26.1 Å². The van der Waals surface area contributed by atoms with Crippen LogP contribution in [-0.4, -0.2) is 26.7 Å². The van der Waals surface area contributed by atoms with Crippen molar-refractivity contribution in [3.63, 3.8) is 0 Å². The van der Waals surface area contributed by atoms with Crippen molar-refractivity contribution in [1.82, 2.24) is 0 Å². The number of ether oxygens (including phenoxy) is 3. The minimum atomic E-state index is -0.228. The number of amides is 1. The number of methoxy groups -OCH3 is 2. The third-order valence-corrected chi connectivity index (χ3v) is 3.56. The number of anilines is 1. The largest absolute Gasteiger partial charge is 0.496 e. The Bertz CT molecular complexity index is 658. The van der Waals surface area contributed by atoms with Crippen LogP contribution in [-0.2, 0) is 4.79 Å². The Morgan fingerprint density at radius 1 is 0.958 bits per heavy atom. The summed E-state index contributed by atoms with van der Waals surface area (Å²) in [6.45, 7) is 4.16. The van der Waals surface area contributed by atoms with Gasteiger partial charge in [-0.15, -0.1) is 0 Å². The number of benzene rings is 2. The van der Waals surface area contributed by atoms with E-state index in [0.717, 1.165) is 5.69 Å². The van der Waals surface area contributed by atoms with Crippen LogP contribution in [0.4, 0.5) is 5.69 Å². The van der Waals surface area contributed by atoms with E-state index in [2.05, 4.69) is 19.2 Å². The van der Waals surface area contributed by atoms with E-state index in [1.807, 2.05) is 24.3 Å². The number of carbonyl (C=O) groups is 1. The van der Waals surface area contributed by atoms with E-state index in [1.54, 1.807) is 32.4 Å². The van der Waals surface area contributed by atoms with Crippen molar-refractivity contribution in [1.29, 1.82) is 0 Å². The van der Waals surface area contributed by atoms with Crippen molar-refractivity contribution in [3.8, 4) is 17.2 Å². The van der Waals surface area contributed by atoms with Gasteiger partial charge in [0.25, 0.3) is 5.91 Å². The first kappa shape index (κ1) is 17.7. The van der Waals surface area contributed by atoms with Crippen LogP contribution in [0.2, 0.25) is 0 Å². The molecule has 0 saturated heterocycles. The van der Waals surface area contributed by atoms with Crippen LogP contribution < -0.4 is 19.5 Å². The van der Waals surface area contributed by atoms with Crippen LogP contribution in [0.25, 0.3) is 0 Å².